The SMILES string of the molecule is CC(C)C[C@H](NC(=O)CSc1nncs1)c1ccccc1. The molecule has 1 aromatic heterocycles. The van der Waals surface area contributed by atoms with E-state index in [4.69, 9.17) is 0 Å². The van der Waals surface area contributed by atoms with E-state index in [9.17, 15) is 4.79 Å². The van der Waals surface area contributed by atoms with Gasteiger partial charge in [-0.15, -0.1) is 10.2 Å². The molecule has 1 aromatic carbocycles. The van der Waals surface area contributed by atoms with Crippen LogP contribution >= 0.6 is 23.1 Å². The molecule has 21 heavy (non-hydrogen) atoms. The van der Waals surface area contributed by atoms with Crippen LogP contribution in [0.2, 0.25) is 0 Å². The van der Waals surface area contributed by atoms with Crippen LogP contribution in [0.4, 0.5) is 0 Å². The summed E-state index contributed by atoms with van der Waals surface area (Å²) in [6, 6.07) is 10.2. The van der Waals surface area contributed by atoms with Crippen LogP contribution in [0.1, 0.15) is 31.9 Å². The first-order chi connectivity index (χ1) is 10.1. The van der Waals surface area contributed by atoms with Crippen molar-refractivity contribution in [3.8, 4) is 0 Å². The highest BCUT2D eigenvalue weighted by Gasteiger charge is 2.16. The number of hydrogen-bond donors (Lipinski definition) is 1. The van der Waals surface area contributed by atoms with Gasteiger partial charge in [-0.2, -0.15) is 0 Å². The lowest BCUT2D eigenvalue weighted by molar-refractivity contribution is -0.119. The highest BCUT2D eigenvalue weighted by atomic mass is 32.2. The molecule has 0 aliphatic carbocycles. The Hall–Kier alpha value is -1.40. The third-order valence-electron chi connectivity index (χ3n) is 2.91. The van der Waals surface area contributed by atoms with Crippen LogP contribution in [0.5, 0.6) is 0 Å². The number of aromatic nitrogens is 2. The zero-order valence-corrected chi connectivity index (χ0v) is 13.8. The summed E-state index contributed by atoms with van der Waals surface area (Å²) >= 11 is 2.88. The Labute approximate surface area is 133 Å². The highest BCUT2D eigenvalue weighted by Crippen LogP contribution is 2.22. The highest BCUT2D eigenvalue weighted by molar-refractivity contribution is 8.01. The van der Waals surface area contributed by atoms with Crippen LogP contribution < -0.4 is 5.32 Å². The first-order valence-corrected chi connectivity index (χ1v) is 8.75. The number of rotatable bonds is 7. The van der Waals surface area contributed by atoms with Crippen molar-refractivity contribution < 1.29 is 4.79 Å². The van der Waals surface area contributed by atoms with Crippen LogP contribution in [-0.2, 0) is 4.79 Å². The van der Waals surface area contributed by atoms with E-state index in [1.807, 2.05) is 18.2 Å². The number of nitrogens with zero attached hydrogens (tertiary/aromatic N) is 2. The molecule has 2 rings (SSSR count). The van der Waals surface area contributed by atoms with Crippen molar-refractivity contribution >= 4 is 29.0 Å². The molecule has 0 spiro atoms. The molecule has 0 saturated carbocycles. The molecular formula is C15H19N3OS2. The molecule has 0 unspecified atom stereocenters. The third kappa shape index (κ3) is 5.47. The van der Waals surface area contributed by atoms with Crippen LogP contribution in [0.25, 0.3) is 0 Å². The van der Waals surface area contributed by atoms with Crippen molar-refractivity contribution in [2.45, 2.75) is 30.6 Å². The van der Waals surface area contributed by atoms with Gasteiger partial charge in [0.15, 0.2) is 4.34 Å². The minimum absolute atomic E-state index is 0.0321. The molecule has 2 aromatic rings. The summed E-state index contributed by atoms with van der Waals surface area (Å²) in [7, 11) is 0. The van der Waals surface area contributed by atoms with Gasteiger partial charge in [0.1, 0.15) is 5.51 Å². The number of amides is 1. The number of thioether (sulfide) groups is 1. The molecule has 1 N–H and O–H groups in total. The topological polar surface area (TPSA) is 54.9 Å². The van der Waals surface area contributed by atoms with Crippen LogP contribution in [0.3, 0.4) is 0 Å². The monoisotopic (exact) mass is 321 g/mol. The van der Waals surface area contributed by atoms with E-state index in [1.54, 1.807) is 5.51 Å². The average Bonchev–Trinajstić information content (AvgIpc) is 2.98. The van der Waals surface area contributed by atoms with Gasteiger partial charge in [-0.05, 0) is 17.9 Å². The lowest BCUT2D eigenvalue weighted by atomic mass is 9.97. The van der Waals surface area contributed by atoms with Crippen molar-refractivity contribution in [3.63, 3.8) is 0 Å². The zero-order chi connectivity index (χ0) is 15.1. The second-order valence-corrected chi connectivity index (χ2v) is 7.21. The Morgan fingerprint density at radius 2 is 2.10 bits per heavy atom. The standard InChI is InChI=1S/C15H19N3OS2/c1-11(2)8-13(12-6-4-3-5-7-12)17-14(19)9-20-15-18-16-10-21-15/h3-7,10-11,13H,8-9H2,1-2H3,(H,17,19)/t13-/m0/s1. The second kappa shape index (κ2) is 8.14. The van der Waals surface area contributed by atoms with Gasteiger partial charge in [0.2, 0.25) is 5.91 Å². The Balaban J connectivity index is 1.93. The Bertz CT molecular complexity index is 543. The lowest BCUT2D eigenvalue weighted by Gasteiger charge is -2.21. The van der Waals surface area contributed by atoms with Gasteiger partial charge >= 0.3 is 0 Å². The molecule has 6 heteroatoms. The maximum atomic E-state index is 12.1. The van der Waals surface area contributed by atoms with E-state index < -0.39 is 0 Å². The van der Waals surface area contributed by atoms with Gasteiger partial charge < -0.3 is 5.32 Å². The predicted molar refractivity (Wildman–Crippen MR) is 87.4 cm³/mol. The average molecular weight is 321 g/mol. The largest absolute Gasteiger partial charge is 0.349 e. The summed E-state index contributed by atoms with van der Waals surface area (Å²) in [4.78, 5) is 12.1. The van der Waals surface area contributed by atoms with Crippen molar-refractivity contribution in [1.29, 1.82) is 0 Å². The van der Waals surface area contributed by atoms with Gasteiger partial charge in [0.25, 0.3) is 0 Å². The first kappa shape index (κ1) is 16.0. The van der Waals surface area contributed by atoms with Gasteiger partial charge in [-0.3, -0.25) is 4.79 Å². The predicted octanol–water partition coefficient (Wildman–Crippen LogP) is 3.53. The quantitative estimate of drug-likeness (QED) is 0.793. The summed E-state index contributed by atoms with van der Waals surface area (Å²) in [5.74, 6) is 0.924. The molecule has 1 heterocycles. The van der Waals surface area contributed by atoms with Crippen molar-refractivity contribution in [3.05, 3.63) is 41.4 Å². The van der Waals surface area contributed by atoms with Crippen molar-refractivity contribution in [2.75, 3.05) is 5.75 Å². The summed E-state index contributed by atoms with van der Waals surface area (Å²) < 4.78 is 0.824. The smallest absolute Gasteiger partial charge is 0.230 e. The summed E-state index contributed by atoms with van der Waals surface area (Å²) in [6.45, 7) is 4.33. The van der Waals surface area contributed by atoms with Gasteiger partial charge in [0.05, 0.1) is 11.8 Å². The molecule has 0 aliphatic rings. The van der Waals surface area contributed by atoms with Gasteiger partial charge in [-0.25, -0.2) is 0 Å². The number of benzene rings is 1. The summed E-state index contributed by atoms with van der Waals surface area (Å²) in [5.41, 5.74) is 2.83. The van der Waals surface area contributed by atoms with E-state index in [2.05, 4.69) is 41.5 Å². The molecule has 112 valence electrons. The number of hydrogen-bond acceptors (Lipinski definition) is 5. The molecule has 0 radical (unpaired) electrons. The Morgan fingerprint density at radius 1 is 1.33 bits per heavy atom. The normalized spacial score (nSPS) is 12.3. The molecule has 4 nitrogen and oxygen atoms in total. The number of nitrogens with one attached hydrogen (secondary N) is 1. The van der Waals surface area contributed by atoms with Gasteiger partial charge in [-0.1, -0.05) is 67.3 Å². The third-order valence-corrected chi connectivity index (χ3v) is 4.77. The van der Waals surface area contributed by atoms with Gasteiger partial charge in [0, 0.05) is 0 Å². The zero-order valence-electron chi connectivity index (χ0n) is 12.2. The van der Waals surface area contributed by atoms with E-state index in [1.165, 1.54) is 23.1 Å². The van der Waals surface area contributed by atoms with E-state index in [0.717, 1.165) is 16.3 Å². The second-order valence-electron chi connectivity index (χ2n) is 5.15. The molecule has 0 saturated heterocycles. The fourth-order valence-electron chi connectivity index (χ4n) is 2.02. The van der Waals surface area contributed by atoms with Crippen molar-refractivity contribution in [2.24, 2.45) is 5.92 Å². The van der Waals surface area contributed by atoms with E-state index in [0.29, 0.717) is 11.7 Å². The summed E-state index contributed by atoms with van der Waals surface area (Å²) in [6.07, 6.45) is 0.930. The first-order valence-electron chi connectivity index (χ1n) is 6.88. The molecule has 0 aliphatic heterocycles. The van der Waals surface area contributed by atoms with Crippen molar-refractivity contribution in [1.82, 2.24) is 15.5 Å². The molecule has 0 fully saturated rings. The minimum atomic E-state index is 0.0321. The van der Waals surface area contributed by atoms with E-state index >= 15 is 0 Å². The van der Waals surface area contributed by atoms with Crippen LogP contribution in [0, 0.1) is 5.92 Å². The van der Waals surface area contributed by atoms with Crippen LogP contribution in [0.15, 0.2) is 40.2 Å². The Morgan fingerprint density at radius 3 is 2.71 bits per heavy atom. The number of carbonyl (C=O) groups is 1. The fourth-order valence-corrected chi connectivity index (χ4v) is 3.32. The summed E-state index contributed by atoms with van der Waals surface area (Å²) in [5, 5.41) is 10.8. The number of carbonyl (C=O) groups excluding carboxylic acids is 1. The van der Waals surface area contributed by atoms with E-state index in [-0.39, 0.29) is 11.9 Å². The fraction of sp³-hybridized carbons (Fsp3) is 0.400. The molecule has 0 bridgehead atoms. The maximum absolute atomic E-state index is 12.1. The molecule has 1 amide bonds. The Kier molecular flexibility index (Phi) is 6.20. The molecule has 1 atom stereocenters. The van der Waals surface area contributed by atoms with Crippen LogP contribution in [-0.4, -0.2) is 21.9 Å². The molecular weight excluding hydrogens is 302 g/mol. The minimum Gasteiger partial charge on any atom is -0.349 e. The maximum Gasteiger partial charge on any atom is 0.230 e. The lowest BCUT2D eigenvalue weighted by Crippen LogP contribution is -2.30.